The van der Waals surface area contributed by atoms with Gasteiger partial charge in [0.25, 0.3) is 0 Å². The van der Waals surface area contributed by atoms with Gasteiger partial charge in [-0.3, -0.25) is 4.99 Å². The summed E-state index contributed by atoms with van der Waals surface area (Å²) in [6.07, 6.45) is 21.6. The number of unbranched alkanes of at least 4 members (excludes halogenated alkanes) is 1. The van der Waals surface area contributed by atoms with Crippen LogP contribution in [-0.4, -0.2) is 6.21 Å². The third-order valence-corrected chi connectivity index (χ3v) is 3.98. The lowest BCUT2D eigenvalue weighted by molar-refractivity contribution is 1.06. The molecule has 0 amide bonds. The topological polar surface area (TPSA) is 12.4 Å². The van der Waals surface area contributed by atoms with Gasteiger partial charge in [0, 0.05) is 12.4 Å². The van der Waals surface area contributed by atoms with Crippen molar-refractivity contribution >= 4 is 23.9 Å². The molecule has 1 heteroatoms. The van der Waals surface area contributed by atoms with E-state index in [4.69, 9.17) is 0 Å². The Hall–Kier alpha value is -3.45. The molecule has 140 valence electrons. The van der Waals surface area contributed by atoms with Crippen LogP contribution in [-0.2, 0) is 0 Å². The van der Waals surface area contributed by atoms with Crippen LogP contribution in [0.3, 0.4) is 0 Å². The van der Waals surface area contributed by atoms with Crippen molar-refractivity contribution in [2.75, 3.05) is 0 Å². The fraction of sp³-hybridized carbons (Fsp3) is 0.0741. The molecule has 0 saturated heterocycles. The maximum absolute atomic E-state index is 4.10. The zero-order chi connectivity index (χ0) is 19.9. The highest BCUT2D eigenvalue weighted by Gasteiger charge is 1.95. The van der Waals surface area contributed by atoms with E-state index in [1.54, 1.807) is 24.6 Å². The molecule has 0 radical (unpaired) electrons. The van der Waals surface area contributed by atoms with Crippen molar-refractivity contribution in [3.8, 4) is 0 Å². The van der Waals surface area contributed by atoms with Crippen LogP contribution in [0, 0.1) is 0 Å². The molecule has 0 atom stereocenters. The summed E-state index contributed by atoms with van der Waals surface area (Å²) in [5, 5.41) is 0. The lowest BCUT2D eigenvalue weighted by atomic mass is 10.0. The Labute approximate surface area is 169 Å². The molecule has 0 N–H and O–H groups in total. The number of hydrogen-bond acceptors (Lipinski definition) is 1. The lowest BCUT2D eigenvalue weighted by Gasteiger charge is -2.02. The molecule has 1 nitrogen and oxygen atoms in total. The Morgan fingerprint density at radius 1 is 0.857 bits per heavy atom. The standard InChI is InChI=1S/C27H27N/c1-3-5-16-26(27-18-10-7-11-19-27)17-9-6-8-13-24-14-12-15-25(23-24)20-22-28-21-4-2/h3-5,7-8,10-23H,1-2,6,9H2/b13-8+,16-5-,22-20+,26-17+,28-21?. The summed E-state index contributed by atoms with van der Waals surface area (Å²) in [5.41, 5.74) is 4.77. The summed E-state index contributed by atoms with van der Waals surface area (Å²) in [7, 11) is 0. The van der Waals surface area contributed by atoms with Gasteiger partial charge in [-0.25, -0.2) is 0 Å². The van der Waals surface area contributed by atoms with Gasteiger partial charge in [0.15, 0.2) is 0 Å². The fourth-order valence-electron chi connectivity index (χ4n) is 2.64. The van der Waals surface area contributed by atoms with Gasteiger partial charge in [0.2, 0.25) is 0 Å². The van der Waals surface area contributed by atoms with Crippen LogP contribution in [0.5, 0.6) is 0 Å². The van der Waals surface area contributed by atoms with Gasteiger partial charge in [-0.2, -0.15) is 0 Å². The second-order valence-corrected chi connectivity index (χ2v) is 6.12. The zero-order valence-corrected chi connectivity index (χ0v) is 16.2. The van der Waals surface area contributed by atoms with Gasteiger partial charge in [0.05, 0.1) is 0 Å². The molecule has 0 aliphatic heterocycles. The number of hydrogen-bond donors (Lipinski definition) is 0. The highest BCUT2D eigenvalue weighted by Crippen LogP contribution is 2.17. The van der Waals surface area contributed by atoms with Crippen molar-refractivity contribution in [3.63, 3.8) is 0 Å². The van der Waals surface area contributed by atoms with Crippen LogP contribution in [0.1, 0.15) is 29.5 Å². The van der Waals surface area contributed by atoms with Crippen molar-refractivity contribution in [2.45, 2.75) is 12.8 Å². The van der Waals surface area contributed by atoms with Gasteiger partial charge in [-0.15, -0.1) is 0 Å². The SMILES string of the molecule is C=CC=N/C=C/c1cccc(/C=C/CC/C=C(\C=C/C=C)c2ccccc2)c1. The first kappa shape index (κ1) is 20.9. The summed E-state index contributed by atoms with van der Waals surface area (Å²) >= 11 is 0. The molecule has 2 rings (SSSR count). The van der Waals surface area contributed by atoms with E-state index in [9.17, 15) is 0 Å². The predicted molar refractivity (Wildman–Crippen MR) is 126 cm³/mol. The summed E-state index contributed by atoms with van der Waals surface area (Å²) in [6.45, 7) is 7.37. The number of allylic oxidation sites excluding steroid dienone is 7. The van der Waals surface area contributed by atoms with E-state index in [1.165, 1.54) is 16.7 Å². The zero-order valence-electron chi connectivity index (χ0n) is 16.2. The summed E-state index contributed by atoms with van der Waals surface area (Å²) in [4.78, 5) is 4.10. The minimum Gasteiger partial charge on any atom is -0.265 e. The van der Waals surface area contributed by atoms with E-state index in [-0.39, 0.29) is 0 Å². The van der Waals surface area contributed by atoms with Crippen molar-refractivity contribution in [1.29, 1.82) is 0 Å². The Balaban J connectivity index is 1.96. The Morgan fingerprint density at radius 2 is 1.64 bits per heavy atom. The number of rotatable bonds is 10. The van der Waals surface area contributed by atoms with Gasteiger partial charge in [0.1, 0.15) is 0 Å². The smallest absolute Gasteiger partial charge is 0.0273 e. The van der Waals surface area contributed by atoms with Crippen molar-refractivity contribution in [2.24, 2.45) is 4.99 Å². The second kappa shape index (κ2) is 12.8. The molecule has 0 saturated carbocycles. The molecule has 0 unspecified atom stereocenters. The first-order chi connectivity index (χ1) is 13.8. The molecule has 0 bridgehead atoms. The third-order valence-electron chi connectivity index (χ3n) is 3.98. The van der Waals surface area contributed by atoms with E-state index >= 15 is 0 Å². The van der Waals surface area contributed by atoms with Gasteiger partial charge in [-0.05, 0) is 47.2 Å². The normalized spacial score (nSPS) is 12.5. The highest BCUT2D eigenvalue weighted by atomic mass is 14.6. The van der Waals surface area contributed by atoms with Crippen LogP contribution in [0.15, 0.2) is 115 Å². The van der Waals surface area contributed by atoms with Gasteiger partial charge in [-0.1, -0.05) is 104 Å². The lowest BCUT2D eigenvalue weighted by Crippen LogP contribution is -1.80. The first-order valence-electron chi connectivity index (χ1n) is 9.45. The maximum atomic E-state index is 4.10. The van der Waals surface area contributed by atoms with Crippen LogP contribution in [0.25, 0.3) is 17.7 Å². The minimum absolute atomic E-state index is 0.984. The maximum Gasteiger partial charge on any atom is 0.0273 e. The van der Waals surface area contributed by atoms with E-state index in [0.29, 0.717) is 0 Å². The third kappa shape index (κ3) is 7.84. The first-order valence-corrected chi connectivity index (χ1v) is 9.45. The van der Waals surface area contributed by atoms with Gasteiger partial charge < -0.3 is 0 Å². The Kier molecular flexibility index (Phi) is 9.56. The Bertz CT molecular complexity index is 893. The van der Waals surface area contributed by atoms with Crippen LogP contribution >= 0.6 is 0 Å². The molecule has 0 aromatic heterocycles. The van der Waals surface area contributed by atoms with Crippen molar-refractivity contribution in [3.05, 3.63) is 127 Å². The summed E-state index contributed by atoms with van der Waals surface area (Å²) in [6, 6.07) is 18.8. The van der Waals surface area contributed by atoms with Crippen LogP contribution < -0.4 is 0 Å². The quantitative estimate of drug-likeness (QED) is 0.234. The van der Waals surface area contributed by atoms with E-state index in [0.717, 1.165) is 18.4 Å². The minimum atomic E-state index is 0.984. The fourth-order valence-corrected chi connectivity index (χ4v) is 2.64. The number of nitrogens with zero attached hydrogens (tertiary/aromatic N) is 1. The monoisotopic (exact) mass is 365 g/mol. The predicted octanol–water partition coefficient (Wildman–Crippen LogP) is 7.53. The molecular formula is C27H27N. The van der Waals surface area contributed by atoms with Crippen molar-refractivity contribution < 1.29 is 0 Å². The van der Waals surface area contributed by atoms with Crippen LogP contribution in [0.2, 0.25) is 0 Å². The number of aliphatic imine (C=N–C) groups is 1. The Morgan fingerprint density at radius 3 is 2.39 bits per heavy atom. The molecule has 28 heavy (non-hydrogen) atoms. The molecule has 0 aliphatic rings. The highest BCUT2D eigenvalue weighted by molar-refractivity contribution is 5.74. The molecule has 0 aliphatic carbocycles. The average molecular weight is 366 g/mol. The number of benzene rings is 2. The molecular weight excluding hydrogens is 338 g/mol. The van der Waals surface area contributed by atoms with Gasteiger partial charge >= 0.3 is 0 Å². The largest absolute Gasteiger partial charge is 0.265 e. The molecule has 0 spiro atoms. The second-order valence-electron chi connectivity index (χ2n) is 6.12. The van der Waals surface area contributed by atoms with E-state index < -0.39 is 0 Å². The molecule has 0 fully saturated rings. The molecule has 2 aromatic carbocycles. The summed E-state index contributed by atoms with van der Waals surface area (Å²) < 4.78 is 0. The van der Waals surface area contributed by atoms with Crippen LogP contribution in [0.4, 0.5) is 0 Å². The molecule has 2 aromatic rings. The summed E-state index contributed by atoms with van der Waals surface area (Å²) in [5.74, 6) is 0. The van der Waals surface area contributed by atoms with Crippen molar-refractivity contribution in [1.82, 2.24) is 0 Å². The average Bonchev–Trinajstić information content (AvgIpc) is 2.74. The van der Waals surface area contributed by atoms with E-state index in [2.05, 4.69) is 91.0 Å². The van der Waals surface area contributed by atoms with E-state index in [1.807, 2.05) is 18.2 Å². The molecule has 0 heterocycles.